The van der Waals surface area contributed by atoms with Crippen LogP contribution >= 0.6 is 22.6 Å². The Hall–Kier alpha value is -1.45. The molecule has 0 radical (unpaired) electrons. The molecule has 0 atom stereocenters. The largest absolute Gasteiger partial charge is 0.469 e. The molecule has 0 spiro atoms. The van der Waals surface area contributed by atoms with Crippen LogP contribution in [0.15, 0.2) is 12.1 Å². The highest BCUT2D eigenvalue weighted by molar-refractivity contribution is 14.1. The van der Waals surface area contributed by atoms with Crippen LogP contribution in [0.5, 0.6) is 0 Å². The standard InChI is InChI=1S/C13H14FIN2O4/c1-21-13(18)8-2-4-16(5-3-8)11-6-9(14)10(15)7-12(11)17(19)20/h6-8H,2-5H2,1H3. The molecule has 1 aromatic carbocycles. The number of hydrogen-bond donors (Lipinski definition) is 0. The third-order valence-corrected chi connectivity index (χ3v) is 4.41. The summed E-state index contributed by atoms with van der Waals surface area (Å²) in [5, 5.41) is 11.1. The van der Waals surface area contributed by atoms with Crippen molar-refractivity contribution in [1.29, 1.82) is 0 Å². The number of hydrogen-bond acceptors (Lipinski definition) is 5. The lowest BCUT2D eigenvalue weighted by atomic mass is 9.96. The Morgan fingerprint density at radius 2 is 2.10 bits per heavy atom. The molecule has 8 heteroatoms. The molecule has 0 bridgehead atoms. The van der Waals surface area contributed by atoms with Gasteiger partial charge in [-0.1, -0.05) is 0 Å². The summed E-state index contributed by atoms with van der Waals surface area (Å²) in [6.07, 6.45) is 1.08. The maximum Gasteiger partial charge on any atom is 0.308 e. The highest BCUT2D eigenvalue weighted by Crippen LogP contribution is 2.34. The first-order valence-electron chi connectivity index (χ1n) is 6.40. The number of methoxy groups -OCH3 is 1. The van der Waals surface area contributed by atoms with Gasteiger partial charge in [0.05, 0.1) is 21.5 Å². The minimum Gasteiger partial charge on any atom is -0.469 e. The molecule has 1 saturated heterocycles. The molecule has 0 aliphatic carbocycles. The van der Waals surface area contributed by atoms with E-state index in [9.17, 15) is 19.3 Å². The molecule has 2 rings (SSSR count). The fourth-order valence-corrected chi connectivity index (χ4v) is 2.90. The van der Waals surface area contributed by atoms with Gasteiger partial charge in [0.15, 0.2) is 0 Å². The third-order valence-electron chi connectivity index (χ3n) is 3.58. The molecule has 1 aliphatic heterocycles. The lowest BCUT2D eigenvalue weighted by molar-refractivity contribution is -0.384. The Kier molecular flexibility index (Phi) is 4.96. The first-order chi connectivity index (χ1) is 9.93. The maximum atomic E-state index is 13.7. The molecule has 0 saturated carbocycles. The number of nitrogens with zero attached hydrogens (tertiary/aromatic N) is 2. The van der Waals surface area contributed by atoms with Crippen LogP contribution in [0.3, 0.4) is 0 Å². The number of rotatable bonds is 3. The van der Waals surface area contributed by atoms with E-state index >= 15 is 0 Å². The number of carbonyl (C=O) groups is 1. The molecule has 1 fully saturated rings. The van der Waals surface area contributed by atoms with Gasteiger partial charge in [-0.05, 0) is 35.4 Å². The van der Waals surface area contributed by atoms with E-state index in [0.29, 0.717) is 25.9 Å². The number of carbonyl (C=O) groups excluding carboxylic acids is 1. The Labute approximate surface area is 134 Å². The monoisotopic (exact) mass is 408 g/mol. The number of nitro groups is 1. The zero-order chi connectivity index (χ0) is 15.6. The van der Waals surface area contributed by atoms with Crippen LogP contribution in [0.4, 0.5) is 15.8 Å². The summed E-state index contributed by atoms with van der Waals surface area (Å²) in [6.45, 7) is 0.918. The Morgan fingerprint density at radius 1 is 1.48 bits per heavy atom. The normalized spacial score (nSPS) is 15.9. The average molecular weight is 408 g/mol. The van der Waals surface area contributed by atoms with Gasteiger partial charge in [0.25, 0.3) is 5.69 Å². The minimum absolute atomic E-state index is 0.114. The van der Waals surface area contributed by atoms with E-state index in [0.717, 1.165) is 0 Å². The molecule has 114 valence electrons. The van der Waals surface area contributed by atoms with Gasteiger partial charge in [0.2, 0.25) is 0 Å². The molecule has 0 amide bonds. The van der Waals surface area contributed by atoms with Gasteiger partial charge in [0.1, 0.15) is 11.5 Å². The van der Waals surface area contributed by atoms with Crippen molar-refractivity contribution in [3.05, 3.63) is 31.6 Å². The van der Waals surface area contributed by atoms with Crippen molar-refractivity contribution in [1.82, 2.24) is 0 Å². The second-order valence-electron chi connectivity index (χ2n) is 4.80. The molecule has 1 heterocycles. The van der Waals surface area contributed by atoms with E-state index in [2.05, 4.69) is 0 Å². The predicted molar refractivity (Wildman–Crippen MR) is 82.7 cm³/mol. The van der Waals surface area contributed by atoms with Gasteiger partial charge in [-0.25, -0.2) is 4.39 Å². The molecule has 21 heavy (non-hydrogen) atoms. The minimum atomic E-state index is -0.511. The van der Waals surface area contributed by atoms with E-state index in [4.69, 9.17) is 4.74 Å². The maximum absolute atomic E-state index is 13.7. The molecular weight excluding hydrogens is 394 g/mol. The van der Waals surface area contributed by atoms with Gasteiger partial charge in [-0.3, -0.25) is 14.9 Å². The zero-order valence-electron chi connectivity index (χ0n) is 11.3. The molecule has 1 aromatic rings. The van der Waals surface area contributed by atoms with E-state index < -0.39 is 10.7 Å². The van der Waals surface area contributed by atoms with Crippen molar-refractivity contribution in [3.8, 4) is 0 Å². The zero-order valence-corrected chi connectivity index (χ0v) is 13.5. The van der Waals surface area contributed by atoms with Crippen molar-refractivity contribution in [2.24, 2.45) is 5.92 Å². The average Bonchev–Trinajstić information content (AvgIpc) is 2.48. The lowest BCUT2D eigenvalue weighted by Crippen LogP contribution is -2.37. The van der Waals surface area contributed by atoms with Crippen LogP contribution in [0.1, 0.15) is 12.8 Å². The number of benzene rings is 1. The van der Waals surface area contributed by atoms with E-state index in [1.165, 1.54) is 19.2 Å². The predicted octanol–water partition coefficient (Wildman–Crippen LogP) is 2.73. The molecule has 0 unspecified atom stereocenters. The SMILES string of the molecule is COC(=O)C1CCN(c2cc(F)c(I)cc2[N+](=O)[O-])CC1. The number of halogens is 2. The van der Waals surface area contributed by atoms with Crippen molar-refractivity contribution in [2.75, 3.05) is 25.1 Å². The lowest BCUT2D eigenvalue weighted by Gasteiger charge is -2.32. The number of piperidine rings is 1. The Balaban J connectivity index is 2.22. The van der Waals surface area contributed by atoms with Crippen LogP contribution in [-0.4, -0.2) is 31.1 Å². The topological polar surface area (TPSA) is 72.7 Å². The van der Waals surface area contributed by atoms with Crippen LogP contribution in [0.2, 0.25) is 0 Å². The van der Waals surface area contributed by atoms with Gasteiger partial charge in [-0.2, -0.15) is 0 Å². The fourth-order valence-electron chi connectivity index (χ4n) is 2.45. The van der Waals surface area contributed by atoms with Crippen molar-refractivity contribution < 1.29 is 18.8 Å². The summed E-state index contributed by atoms with van der Waals surface area (Å²) in [5.41, 5.74) is 0.151. The van der Waals surface area contributed by atoms with E-state index in [1.54, 1.807) is 27.5 Å². The Morgan fingerprint density at radius 3 is 2.62 bits per heavy atom. The van der Waals surface area contributed by atoms with Crippen LogP contribution in [0.25, 0.3) is 0 Å². The number of nitro benzene ring substituents is 1. The molecular formula is C13H14FIN2O4. The summed E-state index contributed by atoms with van der Waals surface area (Å²) >= 11 is 1.73. The quantitative estimate of drug-likeness (QED) is 0.333. The molecule has 6 nitrogen and oxygen atoms in total. The van der Waals surface area contributed by atoms with Gasteiger partial charge in [0, 0.05) is 25.2 Å². The summed E-state index contributed by atoms with van der Waals surface area (Å²) < 4.78 is 18.6. The first kappa shape index (κ1) is 15.9. The van der Waals surface area contributed by atoms with Gasteiger partial charge < -0.3 is 9.64 Å². The van der Waals surface area contributed by atoms with Gasteiger partial charge in [-0.15, -0.1) is 0 Å². The van der Waals surface area contributed by atoms with Crippen LogP contribution in [0, 0.1) is 25.4 Å². The van der Waals surface area contributed by atoms with E-state index in [-0.39, 0.29) is 26.8 Å². The second-order valence-corrected chi connectivity index (χ2v) is 5.96. The number of ether oxygens (including phenoxy) is 1. The fraction of sp³-hybridized carbons (Fsp3) is 0.462. The second kappa shape index (κ2) is 6.54. The molecule has 1 aliphatic rings. The summed E-state index contributed by atoms with van der Waals surface area (Å²) in [5.74, 6) is -0.941. The summed E-state index contributed by atoms with van der Waals surface area (Å²) in [7, 11) is 1.34. The van der Waals surface area contributed by atoms with Crippen molar-refractivity contribution in [3.63, 3.8) is 0 Å². The smallest absolute Gasteiger partial charge is 0.308 e. The molecule has 0 aromatic heterocycles. The highest BCUT2D eigenvalue weighted by Gasteiger charge is 2.29. The first-order valence-corrected chi connectivity index (χ1v) is 7.48. The van der Waals surface area contributed by atoms with Crippen molar-refractivity contribution in [2.45, 2.75) is 12.8 Å². The Bertz CT molecular complexity index is 574. The van der Waals surface area contributed by atoms with Crippen LogP contribution in [-0.2, 0) is 9.53 Å². The van der Waals surface area contributed by atoms with Crippen molar-refractivity contribution >= 4 is 39.9 Å². The van der Waals surface area contributed by atoms with Crippen LogP contribution < -0.4 is 4.90 Å². The summed E-state index contributed by atoms with van der Waals surface area (Å²) in [4.78, 5) is 23.8. The third kappa shape index (κ3) is 3.42. The number of anilines is 1. The molecule has 0 N–H and O–H groups in total. The summed E-state index contributed by atoms with van der Waals surface area (Å²) in [6, 6.07) is 2.43. The van der Waals surface area contributed by atoms with Gasteiger partial charge >= 0.3 is 5.97 Å². The van der Waals surface area contributed by atoms with E-state index in [1.807, 2.05) is 0 Å². The highest BCUT2D eigenvalue weighted by atomic mass is 127. The number of esters is 1.